The van der Waals surface area contributed by atoms with Crippen LogP contribution in [0.2, 0.25) is 0 Å². The zero-order valence-corrected chi connectivity index (χ0v) is 20.0. The topological polar surface area (TPSA) is 30.9 Å². The minimum atomic E-state index is 0.200. The molecule has 4 heteroatoms. The van der Waals surface area contributed by atoms with E-state index in [1.54, 1.807) is 12.7 Å². The third kappa shape index (κ3) is 2.91. The standard InChI is InChI=1S/C28H37NO3/c1-27-9-5-7-21(27)20-16-19(13-18-14-23(30-4)25-24(15-18)31-17-32-25)26-28(2,22(20)8-11-27)10-6-12-29(26)3/h6,10,13-15,20-22,26H,5,7-9,11-12,16-17H2,1-4H3/t20-,21-,22-,26+,27-,28+/m0/s1. The van der Waals surface area contributed by atoms with E-state index in [4.69, 9.17) is 14.2 Å². The van der Waals surface area contributed by atoms with E-state index in [-0.39, 0.29) is 12.2 Å². The minimum absolute atomic E-state index is 0.200. The lowest BCUT2D eigenvalue weighted by Crippen LogP contribution is -2.59. The molecule has 0 N–H and O–H groups in total. The minimum Gasteiger partial charge on any atom is -0.493 e. The van der Waals surface area contributed by atoms with Crippen LogP contribution in [0.3, 0.4) is 0 Å². The molecule has 32 heavy (non-hydrogen) atoms. The average molecular weight is 436 g/mol. The molecule has 3 fully saturated rings. The molecule has 1 aromatic rings. The van der Waals surface area contributed by atoms with E-state index in [2.05, 4.69) is 56.2 Å². The summed E-state index contributed by atoms with van der Waals surface area (Å²) in [6.45, 7) is 6.43. The van der Waals surface area contributed by atoms with Gasteiger partial charge in [-0.15, -0.1) is 0 Å². The molecule has 0 bridgehead atoms. The van der Waals surface area contributed by atoms with Crippen molar-refractivity contribution in [1.29, 1.82) is 0 Å². The first-order valence-corrected chi connectivity index (χ1v) is 12.5. The van der Waals surface area contributed by atoms with Gasteiger partial charge in [0.15, 0.2) is 11.5 Å². The van der Waals surface area contributed by atoms with Crippen LogP contribution in [0, 0.1) is 28.6 Å². The molecule has 0 radical (unpaired) electrons. The van der Waals surface area contributed by atoms with E-state index >= 15 is 0 Å². The first-order chi connectivity index (χ1) is 15.4. The molecular weight excluding hydrogens is 398 g/mol. The van der Waals surface area contributed by atoms with Crippen molar-refractivity contribution in [2.45, 2.75) is 58.4 Å². The second-order valence-corrected chi connectivity index (χ2v) is 11.5. The molecule has 1 aromatic carbocycles. The number of methoxy groups -OCH3 is 1. The Bertz CT molecular complexity index is 983. The Balaban J connectivity index is 1.45. The summed E-state index contributed by atoms with van der Waals surface area (Å²) in [7, 11) is 4.02. The van der Waals surface area contributed by atoms with Crippen molar-refractivity contribution in [3.63, 3.8) is 0 Å². The third-order valence-corrected chi connectivity index (χ3v) is 9.77. The molecule has 0 aromatic heterocycles. The van der Waals surface area contributed by atoms with Gasteiger partial charge < -0.3 is 14.2 Å². The number of rotatable bonds is 2. The quantitative estimate of drug-likeness (QED) is 0.540. The highest BCUT2D eigenvalue weighted by Gasteiger charge is 2.58. The molecule has 3 aliphatic carbocycles. The van der Waals surface area contributed by atoms with Crippen LogP contribution in [0.15, 0.2) is 29.9 Å². The van der Waals surface area contributed by atoms with Crippen LogP contribution in [0.5, 0.6) is 17.2 Å². The van der Waals surface area contributed by atoms with E-state index in [0.717, 1.165) is 47.1 Å². The Kier molecular flexibility index (Phi) is 4.70. The molecule has 5 aliphatic rings. The van der Waals surface area contributed by atoms with Crippen molar-refractivity contribution in [3.8, 4) is 17.2 Å². The van der Waals surface area contributed by atoms with E-state index in [1.165, 1.54) is 38.5 Å². The fraction of sp³-hybridized carbons (Fsp3) is 0.643. The fourth-order valence-corrected chi connectivity index (χ4v) is 8.46. The fourth-order valence-electron chi connectivity index (χ4n) is 8.46. The van der Waals surface area contributed by atoms with Crippen molar-refractivity contribution >= 4 is 6.08 Å². The summed E-state index contributed by atoms with van der Waals surface area (Å²) in [4.78, 5) is 2.58. The Labute approximate surface area is 192 Å². The van der Waals surface area contributed by atoms with E-state index in [1.807, 2.05) is 0 Å². The molecule has 6 atom stereocenters. The maximum absolute atomic E-state index is 5.72. The zero-order chi connectivity index (χ0) is 22.1. The van der Waals surface area contributed by atoms with Crippen molar-refractivity contribution in [2.75, 3.05) is 27.5 Å². The van der Waals surface area contributed by atoms with Gasteiger partial charge in [-0.25, -0.2) is 0 Å². The molecule has 0 saturated heterocycles. The lowest BCUT2D eigenvalue weighted by atomic mass is 9.47. The summed E-state index contributed by atoms with van der Waals surface area (Å²) in [5.74, 6) is 4.73. The number of likely N-dealkylation sites (N-methyl/N-ethyl adjacent to an activating group) is 1. The smallest absolute Gasteiger partial charge is 0.231 e. The third-order valence-electron chi connectivity index (χ3n) is 9.77. The molecule has 0 unspecified atom stereocenters. The van der Waals surface area contributed by atoms with Gasteiger partial charge >= 0.3 is 0 Å². The maximum atomic E-state index is 5.72. The summed E-state index contributed by atoms with van der Waals surface area (Å²) in [5, 5.41) is 0. The summed E-state index contributed by atoms with van der Waals surface area (Å²) in [5.41, 5.74) is 3.50. The normalized spacial score (nSPS) is 41.3. The predicted octanol–water partition coefficient (Wildman–Crippen LogP) is 5.92. The van der Waals surface area contributed by atoms with Crippen molar-refractivity contribution in [2.24, 2.45) is 28.6 Å². The average Bonchev–Trinajstić information content (AvgIpc) is 3.39. The number of ether oxygens (including phenoxy) is 3. The van der Waals surface area contributed by atoms with Gasteiger partial charge in [0.1, 0.15) is 0 Å². The number of fused-ring (bicyclic) bond motifs is 6. The van der Waals surface area contributed by atoms with Gasteiger partial charge in [0.2, 0.25) is 12.5 Å². The van der Waals surface area contributed by atoms with Crippen LogP contribution < -0.4 is 14.2 Å². The van der Waals surface area contributed by atoms with E-state index in [9.17, 15) is 0 Å². The monoisotopic (exact) mass is 435 g/mol. The highest BCUT2D eigenvalue weighted by Crippen LogP contribution is 2.64. The second kappa shape index (κ2) is 7.28. The molecule has 2 heterocycles. The summed E-state index contributed by atoms with van der Waals surface area (Å²) in [6, 6.07) is 4.69. The van der Waals surface area contributed by atoms with Crippen molar-refractivity contribution in [3.05, 3.63) is 35.4 Å². The summed E-state index contributed by atoms with van der Waals surface area (Å²) in [6.07, 6.45) is 15.7. The van der Waals surface area contributed by atoms with Gasteiger partial charge in [0.25, 0.3) is 0 Å². The molecule has 0 amide bonds. The Morgan fingerprint density at radius 2 is 2.00 bits per heavy atom. The summed E-state index contributed by atoms with van der Waals surface area (Å²) >= 11 is 0. The first kappa shape index (κ1) is 20.7. The summed E-state index contributed by atoms with van der Waals surface area (Å²) < 4.78 is 17.0. The van der Waals surface area contributed by atoms with Crippen LogP contribution >= 0.6 is 0 Å². The van der Waals surface area contributed by atoms with Crippen LogP contribution in [-0.4, -0.2) is 38.4 Å². The molecule has 4 nitrogen and oxygen atoms in total. The molecule has 0 spiro atoms. The van der Waals surface area contributed by atoms with Crippen LogP contribution in [0.1, 0.15) is 57.9 Å². The van der Waals surface area contributed by atoms with Gasteiger partial charge in [0.05, 0.1) is 7.11 Å². The SMILES string of the molecule is COc1cc(C=C2C[C@H]3[C@@H]4CCC[C@@]4(C)CC[C@@H]3[C@@]3(C)C=CCN(C)[C@H]23)cc2c1OCO2. The predicted molar refractivity (Wildman–Crippen MR) is 127 cm³/mol. The van der Waals surface area contributed by atoms with E-state index in [0.29, 0.717) is 11.5 Å². The van der Waals surface area contributed by atoms with Crippen molar-refractivity contribution in [1.82, 2.24) is 4.90 Å². The lowest BCUT2D eigenvalue weighted by Gasteiger charge is -2.60. The molecule has 6 rings (SSSR count). The molecule has 172 valence electrons. The Morgan fingerprint density at radius 1 is 1.12 bits per heavy atom. The Hall–Kier alpha value is -1.94. The molecule has 3 saturated carbocycles. The zero-order valence-electron chi connectivity index (χ0n) is 20.0. The molecule has 2 aliphatic heterocycles. The number of nitrogens with zero attached hydrogens (tertiary/aromatic N) is 1. The first-order valence-electron chi connectivity index (χ1n) is 12.5. The van der Waals surface area contributed by atoms with Gasteiger partial charge in [-0.3, -0.25) is 4.90 Å². The number of hydrogen-bond acceptors (Lipinski definition) is 4. The highest BCUT2D eigenvalue weighted by atomic mass is 16.7. The number of hydrogen-bond donors (Lipinski definition) is 0. The number of benzene rings is 1. The van der Waals surface area contributed by atoms with E-state index < -0.39 is 0 Å². The van der Waals surface area contributed by atoms with Gasteiger partial charge in [-0.1, -0.05) is 44.1 Å². The van der Waals surface area contributed by atoms with Gasteiger partial charge in [-0.05, 0) is 80.0 Å². The largest absolute Gasteiger partial charge is 0.493 e. The highest BCUT2D eigenvalue weighted by molar-refractivity contribution is 5.65. The molecular formula is C28H37NO3. The maximum Gasteiger partial charge on any atom is 0.231 e. The van der Waals surface area contributed by atoms with Gasteiger partial charge in [0, 0.05) is 18.0 Å². The second-order valence-electron chi connectivity index (χ2n) is 11.5. The van der Waals surface area contributed by atoms with Gasteiger partial charge in [-0.2, -0.15) is 0 Å². The van der Waals surface area contributed by atoms with Crippen molar-refractivity contribution < 1.29 is 14.2 Å². The van der Waals surface area contributed by atoms with Crippen LogP contribution in [0.25, 0.3) is 6.08 Å². The van der Waals surface area contributed by atoms with Crippen LogP contribution in [0.4, 0.5) is 0 Å². The van der Waals surface area contributed by atoms with Crippen LogP contribution in [-0.2, 0) is 0 Å². The Morgan fingerprint density at radius 3 is 2.84 bits per heavy atom. The lowest BCUT2D eigenvalue weighted by molar-refractivity contribution is -0.0539.